The summed E-state index contributed by atoms with van der Waals surface area (Å²) in [6.07, 6.45) is 7.75. The third-order valence-corrected chi connectivity index (χ3v) is 2.75. The third-order valence-electron chi connectivity index (χ3n) is 1.88. The standard InChI is InChI=1S/C11H21NS/c1-4-6-11(3)10-12-7-9-13-8-5-2/h2,11-12H,4,6-10H2,1,3H3. The van der Waals surface area contributed by atoms with Crippen molar-refractivity contribution in [3.63, 3.8) is 0 Å². The van der Waals surface area contributed by atoms with Gasteiger partial charge in [0.1, 0.15) is 0 Å². The van der Waals surface area contributed by atoms with Crippen LogP contribution in [0.3, 0.4) is 0 Å². The average molecular weight is 199 g/mol. The van der Waals surface area contributed by atoms with Crippen LogP contribution in [0.2, 0.25) is 0 Å². The molecule has 0 aliphatic carbocycles. The molecule has 0 amide bonds. The predicted molar refractivity (Wildman–Crippen MR) is 63.1 cm³/mol. The van der Waals surface area contributed by atoms with Crippen molar-refractivity contribution in [2.75, 3.05) is 24.6 Å². The number of rotatable bonds is 8. The lowest BCUT2D eigenvalue weighted by atomic mass is 10.1. The van der Waals surface area contributed by atoms with E-state index >= 15 is 0 Å². The highest BCUT2D eigenvalue weighted by Crippen LogP contribution is 2.02. The van der Waals surface area contributed by atoms with Crippen molar-refractivity contribution in [2.45, 2.75) is 26.7 Å². The first-order valence-corrected chi connectivity index (χ1v) is 6.18. The van der Waals surface area contributed by atoms with E-state index in [0.29, 0.717) is 0 Å². The SMILES string of the molecule is C#CCSCCNCC(C)CCC. The Balaban J connectivity index is 3.03. The maximum absolute atomic E-state index is 5.14. The van der Waals surface area contributed by atoms with Gasteiger partial charge in [-0.05, 0) is 18.9 Å². The van der Waals surface area contributed by atoms with Gasteiger partial charge in [0.25, 0.3) is 0 Å². The van der Waals surface area contributed by atoms with Crippen molar-refractivity contribution in [1.82, 2.24) is 5.32 Å². The summed E-state index contributed by atoms with van der Waals surface area (Å²) in [5.41, 5.74) is 0. The zero-order chi connectivity index (χ0) is 9.94. The molecule has 0 saturated heterocycles. The minimum atomic E-state index is 0.808. The Hall–Kier alpha value is -0.130. The van der Waals surface area contributed by atoms with Crippen LogP contribution in [-0.2, 0) is 0 Å². The van der Waals surface area contributed by atoms with E-state index in [-0.39, 0.29) is 0 Å². The van der Waals surface area contributed by atoms with Crippen LogP contribution in [0, 0.1) is 18.3 Å². The molecule has 0 aromatic heterocycles. The Labute approximate surface area is 87.1 Å². The van der Waals surface area contributed by atoms with Crippen LogP contribution in [0.15, 0.2) is 0 Å². The monoisotopic (exact) mass is 199 g/mol. The average Bonchev–Trinajstić information content (AvgIpc) is 2.11. The highest BCUT2D eigenvalue weighted by atomic mass is 32.2. The van der Waals surface area contributed by atoms with E-state index < -0.39 is 0 Å². The van der Waals surface area contributed by atoms with Crippen molar-refractivity contribution < 1.29 is 0 Å². The molecule has 0 rings (SSSR count). The first-order chi connectivity index (χ1) is 6.31. The van der Waals surface area contributed by atoms with E-state index in [4.69, 9.17) is 6.42 Å². The molecule has 0 heterocycles. The Bertz CT molecular complexity index is 140. The van der Waals surface area contributed by atoms with Gasteiger partial charge in [-0.15, -0.1) is 18.2 Å². The van der Waals surface area contributed by atoms with Crippen LogP contribution in [0.1, 0.15) is 26.7 Å². The molecule has 1 N–H and O–H groups in total. The topological polar surface area (TPSA) is 12.0 Å². The molecule has 76 valence electrons. The van der Waals surface area contributed by atoms with Crippen LogP contribution < -0.4 is 5.32 Å². The van der Waals surface area contributed by atoms with Crippen LogP contribution >= 0.6 is 11.8 Å². The molecule has 1 unspecified atom stereocenters. The Morgan fingerprint density at radius 1 is 1.54 bits per heavy atom. The molecule has 0 aliphatic rings. The predicted octanol–water partition coefficient (Wildman–Crippen LogP) is 2.38. The molecular weight excluding hydrogens is 178 g/mol. The molecule has 0 saturated carbocycles. The molecule has 1 nitrogen and oxygen atoms in total. The molecule has 0 aromatic carbocycles. The van der Waals surface area contributed by atoms with E-state index in [0.717, 1.165) is 30.5 Å². The van der Waals surface area contributed by atoms with Crippen molar-refractivity contribution in [2.24, 2.45) is 5.92 Å². The summed E-state index contributed by atoms with van der Waals surface area (Å²) in [7, 11) is 0. The van der Waals surface area contributed by atoms with Crippen LogP contribution in [0.25, 0.3) is 0 Å². The van der Waals surface area contributed by atoms with Gasteiger partial charge in [-0.3, -0.25) is 0 Å². The fraction of sp³-hybridized carbons (Fsp3) is 0.818. The summed E-state index contributed by atoms with van der Waals surface area (Å²) in [5, 5.41) is 3.44. The lowest BCUT2D eigenvalue weighted by Crippen LogP contribution is -2.23. The first kappa shape index (κ1) is 12.9. The van der Waals surface area contributed by atoms with Gasteiger partial charge in [0.05, 0.1) is 5.75 Å². The number of terminal acetylenes is 1. The Morgan fingerprint density at radius 3 is 2.92 bits per heavy atom. The molecule has 2 heteroatoms. The summed E-state index contributed by atoms with van der Waals surface area (Å²) >= 11 is 1.82. The fourth-order valence-corrected chi connectivity index (χ4v) is 1.77. The molecule has 0 aliphatic heterocycles. The van der Waals surface area contributed by atoms with E-state index in [9.17, 15) is 0 Å². The van der Waals surface area contributed by atoms with E-state index in [1.54, 1.807) is 0 Å². The highest BCUT2D eigenvalue weighted by molar-refractivity contribution is 7.99. The van der Waals surface area contributed by atoms with Gasteiger partial charge in [-0.25, -0.2) is 0 Å². The van der Waals surface area contributed by atoms with Crippen molar-refractivity contribution in [3.8, 4) is 12.3 Å². The second-order valence-electron chi connectivity index (χ2n) is 3.35. The summed E-state index contributed by atoms with van der Waals surface area (Å²) in [4.78, 5) is 0. The van der Waals surface area contributed by atoms with Gasteiger partial charge in [0.2, 0.25) is 0 Å². The Morgan fingerprint density at radius 2 is 2.31 bits per heavy atom. The molecule has 13 heavy (non-hydrogen) atoms. The maximum atomic E-state index is 5.14. The minimum absolute atomic E-state index is 0.808. The van der Waals surface area contributed by atoms with Crippen LogP contribution in [0.4, 0.5) is 0 Å². The van der Waals surface area contributed by atoms with Gasteiger partial charge in [-0.2, -0.15) is 0 Å². The maximum Gasteiger partial charge on any atom is 0.0545 e. The van der Waals surface area contributed by atoms with Crippen molar-refractivity contribution >= 4 is 11.8 Å². The van der Waals surface area contributed by atoms with Crippen LogP contribution in [-0.4, -0.2) is 24.6 Å². The second-order valence-corrected chi connectivity index (χ2v) is 4.46. The molecule has 0 fully saturated rings. The van der Waals surface area contributed by atoms with Crippen molar-refractivity contribution in [3.05, 3.63) is 0 Å². The molecule has 0 radical (unpaired) electrons. The fourth-order valence-electron chi connectivity index (χ4n) is 1.22. The van der Waals surface area contributed by atoms with Gasteiger partial charge in [0.15, 0.2) is 0 Å². The van der Waals surface area contributed by atoms with Gasteiger partial charge in [-0.1, -0.05) is 26.2 Å². The molecule has 1 atom stereocenters. The van der Waals surface area contributed by atoms with Crippen molar-refractivity contribution in [1.29, 1.82) is 0 Å². The highest BCUT2D eigenvalue weighted by Gasteiger charge is 1.98. The first-order valence-electron chi connectivity index (χ1n) is 5.03. The number of hydrogen-bond donors (Lipinski definition) is 1. The number of thioether (sulfide) groups is 1. The molecular formula is C11H21NS. The smallest absolute Gasteiger partial charge is 0.0545 e. The van der Waals surface area contributed by atoms with E-state index in [1.165, 1.54) is 12.8 Å². The second kappa shape index (κ2) is 9.95. The van der Waals surface area contributed by atoms with Gasteiger partial charge >= 0.3 is 0 Å². The summed E-state index contributed by atoms with van der Waals surface area (Å²) in [5.74, 6) is 5.40. The zero-order valence-electron chi connectivity index (χ0n) is 8.81. The third kappa shape index (κ3) is 9.79. The zero-order valence-corrected chi connectivity index (χ0v) is 9.62. The summed E-state index contributed by atoms with van der Waals surface area (Å²) < 4.78 is 0. The quantitative estimate of drug-likeness (QED) is 0.476. The number of hydrogen-bond acceptors (Lipinski definition) is 2. The number of nitrogens with one attached hydrogen (secondary N) is 1. The molecule has 0 aromatic rings. The van der Waals surface area contributed by atoms with Crippen LogP contribution in [0.5, 0.6) is 0 Å². The largest absolute Gasteiger partial charge is 0.316 e. The summed E-state index contributed by atoms with van der Waals surface area (Å²) in [6.45, 7) is 6.76. The van der Waals surface area contributed by atoms with E-state index in [2.05, 4.69) is 25.1 Å². The molecule has 0 spiro atoms. The lowest BCUT2D eigenvalue weighted by molar-refractivity contribution is 0.485. The minimum Gasteiger partial charge on any atom is -0.316 e. The molecule has 0 bridgehead atoms. The Kier molecular flexibility index (Phi) is 9.85. The van der Waals surface area contributed by atoms with Gasteiger partial charge < -0.3 is 5.32 Å². The summed E-state index contributed by atoms with van der Waals surface area (Å²) in [6, 6.07) is 0. The lowest BCUT2D eigenvalue weighted by Gasteiger charge is -2.10. The normalized spacial score (nSPS) is 12.4. The van der Waals surface area contributed by atoms with Gasteiger partial charge in [0, 0.05) is 12.3 Å². The van der Waals surface area contributed by atoms with E-state index in [1.807, 2.05) is 11.8 Å².